The number of hydrogen-bond donors (Lipinski definition) is 2. The van der Waals surface area contributed by atoms with Crippen LogP contribution in [0.5, 0.6) is 5.75 Å². The molecular weight excluding hydrogens is 270 g/mol. The Balaban J connectivity index is 2.75. The van der Waals surface area contributed by atoms with Gasteiger partial charge in [-0.25, -0.2) is 0 Å². The molecule has 0 aliphatic heterocycles. The number of ether oxygens (including phenoxy) is 1. The summed E-state index contributed by atoms with van der Waals surface area (Å²) in [5.41, 5.74) is 6.25. The van der Waals surface area contributed by atoms with E-state index in [1.54, 1.807) is 12.1 Å². The fraction of sp³-hybridized carbons (Fsp3) is 0.417. The number of nitrogen functional groups attached to an aromatic ring is 1. The normalized spacial score (nSPS) is 12.1. The molecule has 19 heavy (non-hydrogen) atoms. The van der Waals surface area contributed by atoms with E-state index < -0.39 is 17.0 Å². The lowest BCUT2D eigenvalue weighted by molar-refractivity contribution is -0.134. The average Bonchev–Trinajstić information content (AvgIpc) is 2.33. The number of para-hydroxylation sites is 1. The number of rotatable bonds is 7. The molecule has 0 aliphatic rings. The van der Waals surface area contributed by atoms with Crippen LogP contribution in [0.2, 0.25) is 0 Å². The second-order valence-electron chi connectivity index (χ2n) is 3.94. The highest BCUT2D eigenvalue weighted by atomic mass is 32.2. The molecule has 1 rings (SSSR count). The minimum atomic E-state index is -2.29. The summed E-state index contributed by atoms with van der Waals surface area (Å²) >= 11 is -2.29. The standard InChI is InChI=1S/C12H17NO5S/c13-10-5-3-4-9(8-19(16)17)12(10)18-11(15)6-1-2-7-14/h3-5,14H,1-2,6-8,13H2,(H,16,17)/p-1. The summed E-state index contributed by atoms with van der Waals surface area (Å²) < 4.78 is 26.5. The average molecular weight is 286 g/mol. The van der Waals surface area contributed by atoms with Gasteiger partial charge in [0, 0.05) is 24.3 Å². The Kier molecular flexibility index (Phi) is 6.48. The predicted molar refractivity (Wildman–Crippen MR) is 70.1 cm³/mol. The van der Waals surface area contributed by atoms with Gasteiger partial charge in [0.1, 0.15) is 0 Å². The minimum Gasteiger partial charge on any atom is -0.772 e. The van der Waals surface area contributed by atoms with Gasteiger partial charge in [0.15, 0.2) is 5.75 Å². The largest absolute Gasteiger partial charge is 0.772 e. The summed E-state index contributed by atoms with van der Waals surface area (Å²) in [6, 6.07) is 4.68. The number of carbonyl (C=O) groups is 1. The molecule has 0 heterocycles. The second kappa shape index (κ2) is 7.88. The highest BCUT2D eigenvalue weighted by molar-refractivity contribution is 7.78. The van der Waals surface area contributed by atoms with E-state index >= 15 is 0 Å². The van der Waals surface area contributed by atoms with E-state index in [4.69, 9.17) is 15.6 Å². The number of unbranched alkanes of at least 4 members (excludes halogenated alkanes) is 1. The summed E-state index contributed by atoms with van der Waals surface area (Å²) in [5.74, 6) is -0.658. The molecule has 1 aromatic rings. The van der Waals surface area contributed by atoms with Gasteiger partial charge in [-0.3, -0.25) is 9.00 Å². The maximum Gasteiger partial charge on any atom is 0.311 e. The Morgan fingerprint density at radius 3 is 2.79 bits per heavy atom. The van der Waals surface area contributed by atoms with Crippen molar-refractivity contribution in [3.63, 3.8) is 0 Å². The Labute approximate surface area is 113 Å². The maximum atomic E-state index is 11.6. The molecule has 6 nitrogen and oxygen atoms in total. The second-order valence-corrected chi connectivity index (χ2v) is 4.83. The number of hydrogen-bond acceptors (Lipinski definition) is 6. The minimum absolute atomic E-state index is 0.0150. The molecule has 0 bridgehead atoms. The molecule has 0 radical (unpaired) electrons. The van der Waals surface area contributed by atoms with Crippen LogP contribution in [-0.2, 0) is 21.6 Å². The molecule has 0 saturated heterocycles. The highest BCUT2D eigenvalue weighted by Gasteiger charge is 2.12. The zero-order valence-corrected chi connectivity index (χ0v) is 11.1. The van der Waals surface area contributed by atoms with E-state index in [0.717, 1.165) is 0 Å². The fourth-order valence-corrected chi connectivity index (χ4v) is 2.00. The van der Waals surface area contributed by atoms with Crippen LogP contribution in [0, 0.1) is 0 Å². The predicted octanol–water partition coefficient (Wildman–Crippen LogP) is 0.716. The molecule has 7 heteroatoms. The quantitative estimate of drug-likeness (QED) is 0.251. The van der Waals surface area contributed by atoms with E-state index in [9.17, 15) is 13.6 Å². The fourth-order valence-electron chi connectivity index (χ4n) is 1.52. The van der Waals surface area contributed by atoms with Crippen LogP contribution in [0.1, 0.15) is 24.8 Å². The van der Waals surface area contributed by atoms with Crippen LogP contribution in [0.4, 0.5) is 5.69 Å². The molecule has 0 saturated carbocycles. The van der Waals surface area contributed by atoms with Crippen molar-refractivity contribution in [2.75, 3.05) is 12.3 Å². The topological polar surface area (TPSA) is 113 Å². The third-order valence-corrected chi connectivity index (χ3v) is 2.95. The Morgan fingerprint density at radius 2 is 2.16 bits per heavy atom. The zero-order valence-electron chi connectivity index (χ0n) is 10.3. The van der Waals surface area contributed by atoms with Gasteiger partial charge in [-0.2, -0.15) is 0 Å². The molecule has 0 fully saturated rings. The van der Waals surface area contributed by atoms with Gasteiger partial charge in [0.25, 0.3) is 0 Å². The van der Waals surface area contributed by atoms with Crippen molar-refractivity contribution in [1.82, 2.24) is 0 Å². The first-order chi connectivity index (χ1) is 9.04. The number of esters is 1. The maximum absolute atomic E-state index is 11.6. The van der Waals surface area contributed by atoms with Crippen LogP contribution in [0.3, 0.4) is 0 Å². The molecule has 106 valence electrons. The van der Waals surface area contributed by atoms with Crippen molar-refractivity contribution in [2.24, 2.45) is 0 Å². The number of carbonyl (C=O) groups excluding carboxylic acids is 1. The SMILES string of the molecule is Nc1cccc(CS(=O)[O-])c1OC(=O)CCCCO. The molecule has 1 atom stereocenters. The van der Waals surface area contributed by atoms with Crippen LogP contribution in [-0.4, -0.2) is 26.4 Å². The van der Waals surface area contributed by atoms with Gasteiger partial charge in [0.2, 0.25) is 0 Å². The van der Waals surface area contributed by atoms with Crippen molar-refractivity contribution in [2.45, 2.75) is 25.0 Å². The van der Waals surface area contributed by atoms with Gasteiger partial charge in [0.05, 0.1) is 5.69 Å². The highest BCUT2D eigenvalue weighted by Crippen LogP contribution is 2.27. The lowest BCUT2D eigenvalue weighted by Gasteiger charge is -2.13. The van der Waals surface area contributed by atoms with Crippen molar-refractivity contribution in [3.05, 3.63) is 23.8 Å². The van der Waals surface area contributed by atoms with Gasteiger partial charge < -0.3 is 20.1 Å². The molecule has 0 aromatic heterocycles. The number of benzene rings is 1. The van der Waals surface area contributed by atoms with Gasteiger partial charge in [-0.15, -0.1) is 0 Å². The van der Waals surface area contributed by atoms with Crippen molar-refractivity contribution in [3.8, 4) is 5.75 Å². The van der Waals surface area contributed by atoms with E-state index in [0.29, 0.717) is 18.4 Å². The van der Waals surface area contributed by atoms with E-state index in [1.807, 2.05) is 0 Å². The van der Waals surface area contributed by atoms with Crippen molar-refractivity contribution in [1.29, 1.82) is 0 Å². The van der Waals surface area contributed by atoms with Crippen LogP contribution < -0.4 is 10.5 Å². The first-order valence-electron chi connectivity index (χ1n) is 5.79. The lowest BCUT2D eigenvalue weighted by atomic mass is 10.2. The molecule has 3 N–H and O–H groups in total. The van der Waals surface area contributed by atoms with Crippen LogP contribution in [0.25, 0.3) is 0 Å². The molecule has 0 amide bonds. The van der Waals surface area contributed by atoms with Gasteiger partial charge in [-0.1, -0.05) is 23.2 Å². The zero-order chi connectivity index (χ0) is 14.3. The Morgan fingerprint density at radius 1 is 1.42 bits per heavy atom. The van der Waals surface area contributed by atoms with Crippen LogP contribution >= 0.6 is 0 Å². The number of aliphatic hydroxyl groups is 1. The number of aliphatic hydroxyl groups excluding tert-OH is 1. The lowest BCUT2D eigenvalue weighted by Crippen LogP contribution is -2.11. The van der Waals surface area contributed by atoms with Gasteiger partial charge in [-0.05, 0) is 18.9 Å². The first kappa shape index (κ1) is 15.6. The smallest absolute Gasteiger partial charge is 0.311 e. The van der Waals surface area contributed by atoms with Crippen LogP contribution in [0.15, 0.2) is 18.2 Å². The number of nitrogens with two attached hydrogens (primary N) is 1. The monoisotopic (exact) mass is 286 g/mol. The summed E-state index contributed by atoms with van der Waals surface area (Å²) in [7, 11) is 0. The third-order valence-electron chi connectivity index (χ3n) is 2.41. The molecule has 0 spiro atoms. The third kappa shape index (κ3) is 5.37. The Bertz CT molecular complexity index is 463. The van der Waals surface area contributed by atoms with Crippen molar-refractivity contribution < 1.29 is 23.4 Å². The van der Waals surface area contributed by atoms with E-state index in [2.05, 4.69) is 0 Å². The molecule has 1 unspecified atom stereocenters. The summed E-state index contributed by atoms with van der Waals surface area (Å²) in [6.45, 7) is 0.0150. The van der Waals surface area contributed by atoms with E-state index in [-0.39, 0.29) is 30.2 Å². The van der Waals surface area contributed by atoms with Gasteiger partial charge >= 0.3 is 5.97 Å². The molecule has 0 aliphatic carbocycles. The molecular formula is C12H16NO5S-. The number of anilines is 1. The molecule has 1 aromatic carbocycles. The summed E-state index contributed by atoms with van der Waals surface area (Å²) in [6.07, 6.45) is 1.16. The summed E-state index contributed by atoms with van der Waals surface area (Å²) in [4.78, 5) is 11.6. The Hall–Kier alpha value is -1.44. The summed E-state index contributed by atoms with van der Waals surface area (Å²) in [5, 5.41) is 8.62. The first-order valence-corrected chi connectivity index (χ1v) is 7.03. The van der Waals surface area contributed by atoms with Crippen molar-refractivity contribution >= 4 is 22.7 Å². The van der Waals surface area contributed by atoms with E-state index in [1.165, 1.54) is 6.07 Å².